The topological polar surface area (TPSA) is 119 Å². The molecule has 0 saturated carbocycles. The van der Waals surface area contributed by atoms with Crippen molar-refractivity contribution < 1.29 is 29.1 Å². The van der Waals surface area contributed by atoms with Crippen LogP contribution >= 0.6 is 23.4 Å². The predicted molar refractivity (Wildman–Crippen MR) is 111 cm³/mol. The Bertz CT molecular complexity index is 1060. The molecule has 30 heavy (non-hydrogen) atoms. The van der Waals surface area contributed by atoms with Gasteiger partial charge in [-0.05, 0) is 42.1 Å². The molecule has 1 saturated heterocycles. The standard InChI is InChI=1S/C19H15ClN2O7S/c1-28-17-13(23)7-6-11(16(17)22(26)27)10-15-18(24)21(19(25)30-15)8-9-29-14-5-3-2-4-12(14)20/h2-7,10,23H,8-9H2,1H3/b15-10-. The first kappa shape index (κ1) is 21.5. The predicted octanol–water partition coefficient (Wildman–Crippen LogP) is 4.08. The van der Waals surface area contributed by atoms with Crippen LogP contribution in [0.5, 0.6) is 17.2 Å². The summed E-state index contributed by atoms with van der Waals surface area (Å²) in [6.07, 6.45) is 1.22. The van der Waals surface area contributed by atoms with E-state index in [1.165, 1.54) is 25.3 Å². The van der Waals surface area contributed by atoms with Gasteiger partial charge in [-0.2, -0.15) is 0 Å². The molecule has 0 bridgehead atoms. The first-order valence-electron chi connectivity index (χ1n) is 8.50. The molecular formula is C19H15ClN2O7S. The second-order valence-electron chi connectivity index (χ2n) is 5.93. The quantitative estimate of drug-likeness (QED) is 0.380. The molecule has 0 unspecified atom stereocenters. The molecule has 1 heterocycles. The molecular weight excluding hydrogens is 436 g/mol. The lowest BCUT2D eigenvalue weighted by atomic mass is 10.1. The summed E-state index contributed by atoms with van der Waals surface area (Å²) in [6, 6.07) is 9.27. The van der Waals surface area contributed by atoms with Crippen molar-refractivity contribution in [2.24, 2.45) is 0 Å². The number of phenols is 1. The third-order valence-electron chi connectivity index (χ3n) is 4.10. The number of nitrogens with zero attached hydrogens (tertiary/aromatic N) is 2. The number of thioether (sulfide) groups is 1. The van der Waals surface area contributed by atoms with Crippen molar-refractivity contribution in [2.75, 3.05) is 20.3 Å². The zero-order chi connectivity index (χ0) is 21.8. The molecule has 2 aromatic carbocycles. The van der Waals surface area contributed by atoms with E-state index in [2.05, 4.69) is 0 Å². The van der Waals surface area contributed by atoms with Crippen LogP contribution in [0.25, 0.3) is 6.08 Å². The maximum atomic E-state index is 12.6. The van der Waals surface area contributed by atoms with Crippen LogP contribution in [0.3, 0.4) is 0 Å². The fourth-order valence-electron chi connectivity index (χ4n) is 2.72. The lowest BCUT2D eigenvalue weighted by Gasteiger charge is -2.13. The van der Waals surface area contributed by atoms with Crippen LogP contribution in [-0.2, 0) is 4.79 Å². The van der Waals surface area contributed by atoms with Crippen LogP contribution in [0.4, 0.5) is 10.5 Å². The Morgan fingerprint density at radius 1 is 1.27 bits per heavy atom. The van der Waals surface area contributed by atoms with Crippen molar-refractivity contribution >= 4 is 46.3 Å². The van der Waals surface area contributed by atoms with E-state index in [1.54, 1.807) is 24.3 Å². The number of ether oxygens (including phenoxy) is 2. The molecule has 9 nitrogen and oxygen atoms in total. The first-order valence-corrected chi connectivity index (χ1v) is 9.70. The minimum Gasteiger partial charge on any atom is -0.504 e. The number of nitro groups is 1. The van der Waals surface area contributed by atoms with Gasteiger partial charge >= 0.3 is 5.69 Å². The Morgan fingerprint density at radius 3 is 2.67 bits per heavy atom. The highest BCUT2D eigenvalue weighted by Gasteiger charge is 2.36. The molecule has 0 aromatic heterocycles. The normalized spacial score (nSPS) is 15.0. The second kappa shape index (κ2) is 9.06. The van der Waals surface area contributed by atoms with Crippen molar-refractivity contribution in [1.29, 1.82) is 0 Å². The molecule has 0 aliphatic carbocycles. The zero-order valence-electron chi connectivity index (χ0n) is 15.5. The highest BCUT2D eigenvalue weighted by atomic mass is 35.5. The monoisotopic (exact) mass is 450 g/mol. The SMILES string of the molecule is COc1c(O)ccc(/C=C2\SC(=O)N(CCOc3ccccc3Cl)C2=O)c1[N+](=O)[O-]. The largest absolute Gasteiger partial charge is 0.504 e. The van der Waals surface area contributed by atoms with Crippen LogP contribution in [-0.4, -0.2) is 46.3 Å². The fourth-order valence-corrected chi connectivity index (χ4v) is 3.77. The van der Waals surface area contributed by atoms with Crippen molar-refractivity contribution in [2.45, 2.75) is 0 Å². The van der Waals surface area contributed by atoms with Gasteiger partial charge in [0.05, 0.1) is 34.1 Å². The third-order valence-corrected chi connectivity index (χ3v) is 5.32. The van der Waals surface area contributed by atoms with Gasteiger partial charge in [-0.15, -0.1) is 0 Å². The number of carbonyl (C=O) groups is 2. The number of para-hydroxylation sites is 1. The van der Waals surface area contributed by atoms with Gasteiger partial charge < -0.3 is 14.6 Å². The molecule has 1 fully saturated rings. The number of nitro benzene ring substituents is 1. The van der Waals surface area contributed by atoms with Crippen LogP contribution in [0.2, 0.25) is 5.02 Å². The molecule has 11 heteroatoms. The molecule has 1 aliphatic rings. The average molecular weight is 451 g/mol. The summed E-state index contributed by atoms with van der Waals surface area (Å²) < 4.78 is 10.4. The van der Waals surface area contributed by atoms with Crippen LogP contribution in [0.15, 0.2) is 41.3 Å². The Morgan fingerprint density at radius 2 is 2.00 bits per heavy atom. The molecule has 1 N–H and O–H groups in total. The molecule has 1 aliphatic heterocycles. The highest BCUT2D eigenvalue weighted by molar-refractivity contribution is 8.18. The van der Waals surface area contributed by atoms with Gasteiger partial charge in [0.1, 0.15) is 12.4 Å². The lowest BCUT2D eigenvalue weighted by molar-refractivity contribution is -0.386. The second-order valence-corrected chi connectivity index (χ2v) is 7.33. The Kier molecular flexibility index (Phi) is 6.48. The Balaban J connectivity index is 1.78. The average Bonchev–Trinajstić information content (AvgIpc) is 2.97. The molecule has 0 spiro atoms. The van der Waals surface area contributed by atoms with Gasteiger partial charge in [-0.25, -0.2) is 0 Å². The van der Waals surface area contributed by atoms with E-state index in [-0.39, 0.29) is 29.4 Å². The van der Waals surface area contributed by atoms with Crippen molar-refractivity contribution in [3.05, 3.63) is 62.0 Å². The number of amides is 2. The van der Waals surface area contributed by atoms with Crippen LogP contribution in [0, 0.1) is 10.1 Å². The van der Waals surface area contributed by atoms with E-state index in [1.807, 2.05) is 0 Å². The number of halogens is 1. The van der Waals surface area contributed by atoms with E-state index in [0.717, 1.165) is 4.90 Å². The number of carbonyl (C=O) groups excluding carboxylic acids is 2. The summed E-state index contributed by atoms with van der Waals surface area (Å²) in [5.41, 5.74) is -0.487. The number of imide groups is 1. The molecule has 0 atom stereocenters. The van der Waals surface area contributed by atoms with Crippen LogP contribution in [0.1, 0.15) is 5.56 Å². The maximum absolute atomic E-state index is 12.6. The van der Waals surface area contributed by atoms with E-state index >= 15 is 0 Å². The van der Waals surface area contributed by atoms with Gasteiger partial charge in [-0.3, -0.25) is 24.6 Å². The lowest BCUT2D eigenvalue weighted by Crippen LogP contribution is -2.32. The fraction of sp³-hybridized carbons (Fsp3) is 0.158. The summed E-state index contributed by atoms with van der Waals surface area (Å²) in [4.78, 5) is 36.5. The van der Waals surface area contributed by atoms with Gasteiger partial charge in [0.2, 0.25) is 5.75 Å². The zero-order valence-corrected chi connectivity index (χ0v) is 17.1. The number of hydrogen-bond acceptors (Lipinski definition) is 8. The summed E-state index contributed by atoms with van der Waals surface area (Å²) in [6.45, 7) is 0.0104. The molecule has 3 rings (SSSR count). The smallest absolute Gasteiger partial charge is 0.322 e. The van der Waals surface area contributed by atoms with E-state index in [4.69, 9.17) is 21.1 Å². The summed E-state index contributed by atoms with van der Waals surface area (Å²) >= 11 is 6.65. The van der Waals surface area contributed by atoms with Gasteiger partial charge in [0.15, 0.2) is 5.75 Å². The van der Waals surface area contributed by atoms with Crippen molar-refractivity contribution in [3.8, 4) is 17.2 Å². The maximum Gasteiger partial charge on any atom is 0.322 e. The minimum absolute atomic E-state index is 0.00795. The Hall–Kier alpha value is -3.24. The summed E-state index contributed by atoms with van der Waals surface area (Å²) in [5, 5.41) is 21.1. The highest BCUT2D eigenvalue weighted by Crippen LogP contribution is 2.41. The molecule has 0 radical (unpaired) electrons. The van der Waals surface area contributed by atoms with Crippen molar-refractivity contribution in [3.63, 3.8) is 0 Å². The number of rotatable bonds is 7. The number of hydrogen-bond donors (Lipinski definition) is 1. The van der Waals surface area contributed by atoms with Gasteiger partial charge in [-0.1, -0.05) is 23.7 Å². The van der Waals surface area contributed by atoms with E-state index in [0.29, 0.717) is 22.5 Å². The summed E-state index contributed by atoms with van der Waals surface area (Å²) in [7, 11) is 1.18. The van der Waals surface area contributed by atoms with E-state index in [9.17, 15) is 24.8 Å². The molecule has 156 valence electrons. The van der Waals surface area contributed by atoms with Gasteiger partial charge in [0.25, 0.3) is 11.1 Å². The molecule has 2 amide bonds. The third kappa shape index (κ3) is 4.34. The Labute approximate surface area is 180 Å². The number of methoxy groups -OCH3 is 1. The summed E-state index contributed by atoms with van der Waals surface area (Å²) in [5.74, 6) is -0.921. The number of phenolic OH excluding ortho intramolecular Hbond substituents is 1. The van der Waals surface area contributed by atoms with Crippen molar-refractivity contribution in [1.82, 2.24) is 4.90 Å². The first-order chi connectivity index (χ1) is 14.3. The number of benzene rings is 2. The minimum atomic E-state index is -0.730. The number of aromatic hydroxyl groups is 1. The molecule has 2 aromatic rings. The van der Waals surface area contributed by atoms with Crippen LogP contribution < -0.4 is 9.47 Å². The van der Waals surface area contributed by atoms with Gasteiger partial charge in [0, 0.05) is 0 Å². The van der Waals surface area contributed by atoms with E-state index < -0.39 is 27.5 Å².